The maximum absolute atomic E-state index is 8.92. The molecule has 3 aromatic rings. The number of hydrogen-bond acceptors (Lipinski definition) is 1. The molecule has 0 saturated heterocycles. The van der Waals surface area contributed by atoms with E-state index in [0.29, 0.717) is 5.56 Å². The molecule has 3 aromatic carbocycles. The Morgan fingerprint density at radius 2 is 1.43 bits per heavy atom. The molecule has 0 aromatic heterocycles. The topological polar surface area (TPSA) is 23.8 Å². The summed E-state index contributed by atoms with van der Waals surface area (Å²) >= 11 is 0. The van der Waals surface area contributed by atoms with Crippen molar-refractivity contribution in [2.24, 2.45) is 0 Å². The van der Waals surface area contributed by atoms with Gasteiger partial charge in [-0.2, -0.15) is 5.26 Å². The van der Waals surface area contributed by atoms with Crippen molar-refractivity contribution in [1.29, 1.82) is 5.26 Å². The highest BCUT2D eigenvalue weighted by Gasteiger charge is 2.20. The Balaban J connectivity index is 1.88. The molecule has 0 bridgehead atoms. The maximum Gasteiger partial charge on any atom is 0.0991 e. The monoisotopic (exact) mass is 267 g/mol. The number of hydrogen-bond donors (Lipinski definition) is 0. The Bertz CT molecular complexity index is 867. The summed E-state index contributed by atoms with van der Waals surface area (Å²) in [4.78, 5) is 0. The van der Waals surface area contributed by atoms with E-state index in [1.807, 2.05) is 24.3 Å². The van der Waals surface area contributed by atoms with E-state index in [9.17, 15) is 0 Å². The maximum atomic E-state index is 8.92. The minimum absolute atomic E-state index is 0.703. The molecule has 0 amide bonds. The van der Waals surface area contributed by atoms with Crippen molar-refractivity contribution in [3.05, 3.63) is 83.4 Å². The average Bonchev–Trinajstić information content (AvgIpc) is 2.94. The van der Waals surface area contributed by atoms with Crippen LogP contribution in [0.3, 0.4) is 0 Å². The molecule has 4 rings (SSSR count). The lowest BCUT2D eigenvalue weighted by molar-refractivity contribution is 1.26. The third-order valence-electron chi connectivity index (χ3n) is 4.18. The fourth-order valence-corrected chi connectivity index (χ4v) is 3.15. The summed E-state index contributed by atoms with van der Waals surface area (Å²) in [6, 6.07) is 25.1. The largest absolute Gasteiger partial charge is 0.192 e. The summed E-state index contributed by atoms with van der Waals surface area (Å²) in [5.41, 5.74) is 8.63. The first-order valence-corrected chi connectivity index (χ1v) is 7.07. The first-order valence-electron chi connectivity index (χ1n) is 7.07. The average molecular weight is 267 g/mol. The zero-order valence-electron chi connectivity index (χ0n) is 11.5. The van der Waals surface area contributed by atoms with Crippen LogP contribution in [0.4, 0.5) is 0 Å². The van der Waals surface area contributed by atoms with Crippen LogP contribution in [-0.4, -0.2) is 0 Å². The van der Waals surface area contributed by atoms with Crippen LogP contribution in [0.25, 0.3) is 22.3 Å². The van der Waals surface area contributed by atoms with Crippen molar-refractivity contribution >= 4 is 0 Å². The van der Waals surface area contributed by atoms with E-state index in [1.165, 1.54) is 33.4 Å². The van der Waals surface area contributed by atoms with Crippen molar-refractivity contribution in [2.75, 3.05) is 0 Å². The molecule has 1 aliphatic rings. The molecule has 0 N–H and O–H groups in total. The van der Waals surface area contributed by atoms with E-state index in [1.54, 1.807) is 0 Å². The van der Waals surface area contributed by atoms with Crippen molar-refractivity contribution in [1.82, 2.24) is 0 Å². The molecule has 1 heteroatoms. The number of fused-ring (bicyclic) bond motifs is 3. The minimum atomic E-state index is 0.703. The predicted molar refractivity (Wildman–Crippen MR) is 84.8 cm³/mol. The second-order valence-electron chi connectivity index (χ2n) is 5.35. The van der Waals surface area contributed by atoms with Crippen molar-refractivity contribution in [3.63, 3.8) is 0 Å². The van der Waals surface area contributed by atoms with Gasteiger partial charge in [-0.15, -0.1) is 0 Å². The lowest BCUT2D eigenvalue weighted by atomic mass is 9.95. The lowest BCUT2D eigenvalue weighted by Gasteiger charge is -2.09. The van der Waals surface area contributed by atoms with Crippen LogP contribution in [0.2, 0.25) is 0 Å². The highest BCUT2D eigenvalue weighted by molar-refractivity contribution is 5.84. The molecule has 0 unspecified atom stereocenters. The normalized spacial score (nSPS) is 11.6. The SMILES string of the molecule is N#Cc1ccc(-c2cccc3c2Cc2ccccc2-3)cc1. The summed E-state index contributed by atoms with van der Waals surface area (Å²) in [5.74, 6) is 0. The fraction of sp³-hybridized carbons (Fsp3) is 0.0500. The smallest absolute Gasteiger partial charge is 0.0991 e. The molecule has 0 heterocycles. The van der Waals surface area contributed by atoms with E-state index < -0.39 is 0 Å². The van der Waals surface area contributed by atoms with E-state index >= 15 is 0 Å². The summed E-state index contributed by atoms with van der Waals surface area (Å²) in [5, 5.41) is 8.92. The second kappa shape index (κ2) is 4.61. The molecule has 0 aliphatic heterocycles. The number of nitrogens with zero attached hydrogens (tertiary/aromatic N) is 1. The van der Waals surface area contributed by atoms with Gasteiger partial charge in [-0.25, -0.2) is 0 Å². The van der Waals surface area contributed by atoms with E-state index in [4.69, 9.17) is 5.26 Å². The highest BCUT2D eigenvalue weighted by Crippen LogP contribution is 2.41. The molecule has 0 radical (unpaired) electrons. The van der Waals surface area contributed by atoms with E-state index in [2.05, 4.69) is 48.5 Å². The Hall–Kier alpha value is -2.85. The van der Waals surface area contributed by atoms with E-state index in [-0.39, 0.29) is 0 Å². The van der Waals surface area contributed by atoms with Gasteiger partial charge in [-0.05, 0) is 51.9 Å². The van der Waals surface area contributed by atoms with Gasteiger partial charge in [0, 0.05) is 0 Å². The van der Waals surface area contributed by atoms with Gasteiger partial charge < -0.3 is 0 Å². The number of benzene rings is 3. The minimum Gasteiger partial charge on any atom is -0.192 e. The first-order chi connectivity index (χ1) is 10.4. The van der Waals surface area contributed by atoms with Crippen LogP contribution in [0.1, 0.15) is 16.7 Å². The molecule has 1 nitrogen and oxygen atoms in total. The van der Waals surface area contributed by atoms with Gasteiger partial charge in [-0.1, -0.05) is 54.6 Å². The van der Waals surface area contributed by atoms with Gasteiger partial charge in [0.25, 0.3) is 0 Å². The van der Waals surface area contributed by atoms with Crippen LogP contribution < -0.4 is 0 Å². The number of rotatable bonds is 1. The first kappa shape index (κ1) is 11.9. The summed E-state index contributed by atoms with van der Waals surface area (Å²) < 4.78 is 0. The van der Waals surface area contributed by atoms with Crippen LogP contribution in [0.15, 0.2) is 66.7 Å². The molecule has 0 atom stereocenters. The van der Waals surface area contributed by atoms with Gasteiger partial charge in [0.15, 0.2) is 0 Å². The van der Waals surface area contributed by atoms with Gasteiger partial charge in [0.05, 0.1) is 11.6 Å². The Morgan fingerprint density at radius 1 is 0.714 bits per heavy atom. The van der Waals surface area contributed by atoms with Crippen LogP contribution >= 0.6 is 0 Å². The highest BCUT2D eigenvalue weighted by atomic mass is 14.2. The molecular formula is C20H13N. The van der Waals surface area contributed by atoms with Gasteiger partial charge in [0.2, 0.25) is 0 Å². The number of nitriles is 1. The Kier molecular flexibility index (Phi) is 2.62. The molecule has 98 valence electrons. The summed E-state index contributed by atoms with van der Waals surface area (Å²) in [7, 11) is 0. The molecule has 0 fully saturated rings. The zero-order chi connectivity index (χ0) is 14.2. The van der Waals surface area contributed by atoms with Gasteiger partial charge in [-0.3, -0.25) is 0 Å². The van der Waals surface area contributed by atoms with Crippen LogP contribution in [0.5, 0.6) is 0 Å². The van der Waals surface area contributed by atoms with Crippen molar-refractivity contribution < 1.29 is 0 Å². The molecule has 21 heavy (non-hydrogen) atoms. The molecule has 0 spiro atoms. The van der Waals surface area contributed by atoms with Crippen molar-refractivity contribution in [2.45, 2.75) is 6.42 Å². The standard InChI is InChI=1S/C20H13N/c21-13-14-8-10-15(11-9-14)17-6-3-7-19-18-5-2-1-4-16(18)12-20(17)19/h1-11H,12H2. The molecule has 0 saturated carbocycles. The Morgan fingerprint density at radius 3 is 2.24 bits per heavy atom. The summed E-state index contributed by atoms with van der Waals surface area (Å²) in [6.07, 6.45) is 0.988. The van der Waals surface area contributed by atoms with Gasteiger partial charge in [0.1, 0.15) is 0 Å². The second-order valence-corrected chi connectivity index (χ2v) is 5.35. The van der Waals surface area contributed by atoms with Crippen LogP contribution in [-0.2, 0) is 6.42 Å². The summed E-state index contributed by atoms with van der Waals surface area (Å²) in [6.45, 7) is 0. The molecule has 1 aliphatic carbocycles. The quantitative estimate of drug-likeness (QED) is 0.486. The lowest BCUT2D eigenvalue weighted by Crippen LogP contribution is -1.88. The predicted octanol–water partition coefficient (Wildman–Crippen LogP) is 4.80. The van der Waals surface area contributed by atoms with E-state index in [0.717, 1.165) is 6.42 Å². The zero-order valence-corrected chi connectivity index (χ0v) is 11.5. The van der Waals surface area contributed by atoms with Crippen LogP contribution in [0, 0.1) is 11.3 Å². The fourth-order valence-electron chi connectivity index (χ4n) is 3.15. The third-order valence-corrected chi connectivity index (χ3v) is 4.18. The Labute approximate surface area is 124 Å². The third kappa shape index (κ3) is 1.85. The molecular weight excluding hydrogens is 254 g/mol. The van der Waals surface area contributed by atoms with Gasteiger partial charge >= 0.3 is 0 Å². The van der Waals surface area contributed by atoms with Crippen molar-refractivity contribution in [3.8, 4) is 28.3 Å².